The zero-order chi connectivity index (χ0) is 28.1. The van der Waals surface area contributed by atoms with E-state index in [-0.39, 0.29) is 0 Å². The van der Waals surface area contributed by atoms with Gasteiger partial charge in [-0.05, 0) is 80.6 Å². The number of carbonyl (C=O) groups is 1. The molecule has 3 aromatic rings. The van der Waals surface area contributed by atoms with Crippen molar-refractivity contribution in [3.8, 4) is 17.4 Å². The van der Waals surface area contributed by atoms with Crippen molar-refractivity contribution in [2.24, 2.45) is 0 Å². The minimum absolute atomic E-state index is 0.299. The molecule has 7 nitrogen and oxygen atoms in total. The average molecular weight is 563 g/mol. The van der Waals surface area contributed by atoms with Crippen LogP contribution >= 0.6 is 11.6 Å². The summed E-state index contributed by atoms with van der Waals surface area (Å²) < 4.78 is 17.4. The molecule has 1 N–H and O–H groups in total. The van der Waals surface area contributed by atoms with Gasteiger partial charge in [-0.1, -0.05) is 35.9 Å². The van der Waals surface area contributed by atoms with Crippen LogP contribution in [0.5, 0.6) is 17.4 Å². The lowest BCUT2D eigenvalue weighted by molar-refractivity contribution is -0.150. The fraction of sp³-hybridized carbons (Fsp3) is 0.375. The number of aliphatic hydroxyl groups is 1. The number of aromatic nitrogens is 1. The van der Waals surface area contributed by atoms with Gasteiger partial charge >= 0.3 is 5.97 Å². The molecule has 0 saturated carbocycles. The Morgan fingerprint density at radius 3 is 2.70 bits per heavy atom. The highest BCUT2D eigenvalue weighted by Gasteiger charge is 2.33. The van der Waals surface area contributed by atoms with Gasteiger partial charge in [0.1, 0.15) is 11.5 Å². The SMILES string of the molecule is CCOC(=O)C(C)Oc1cccc2c1CC(=CCCN1CCC(O)(c3ccc(Cl)cc3)CC1)c1cccnc1O2. The van der Waals surface area contributed by atoms with Crippen molar-refractivity contribution in [2.75, 3.05) is 26.2 Å². The van der Waals surface area contributed by atoms with E-state index in [0.29, 0.717) is 48.3 Å². The first-order valence-corrected chi connectivity index (χ1v) is 14.2. The lowest BCUT2D eigenvalue weighted by atomic mass is 9.84. The van der Waals surface area contributed by atoms with Crippen LogP contribution in [0.25, 0.3) is 5.57 Å². The van der Waals surface area contributed by atoms with Crippen LogP contribution in [0.2, 0.25) is 5.02 Å². The molecular weight excluding hydrogens is 528 g/mol. The maximum Gasteiger partial charge on any atom is 0.347 e. The number of halogens is 1. The predicted molar refractivity (Wildman–Crippen MR) is 155 cm³/mol. The summed E-state index contributed by atoms with van der Waals surface area (Å²) in [5.41, 5.74) is 3.02. The summed E-state index contributed by atoms with van der Waals surface area (Å²) >= 11 is 6.03. The molecule has 0 bridgehead atoms. The van der Waals surface area contributed by atoms with Crippen molar-refractivity contribution >= 4 is 23.1 Å². The van der Waals surface area contributed by atoms with Crippen LogP contribution in [0, 0.1) is 0 Å². The van der Waals surface area contributed by atoms with Gasteiger partial charge < -0.3 is 24.2 Å². The number of hydrogen-bond acceptors (Lipinski definition) is 7. The fourth-order valence-electron chi connectivity index (χ4n) is 5.33. The lowest BCUT2D eigenvalue weighted by Crippen LogP contribution is -2.42. The van der Waals surface area contributed by atoms with E-state index >= 15 is 0 Å². The van der Waals surface area contributed by atoms with E-state index in [1.165, 1.54) is 0 Å². The second kappa shape index (κ2) is 12.4. The molecule has 1 saturated heterocycles. The second-order valence-corrected chi connectivity index (χ2v) is 10.7. The molecule has 1 unspecified atom stereocenters. The number of nitrogens with zero attached hydrogens (tertiary/aromatic N) is 2. The molecule has 210 valence electrons. The Labute approximate surface area is 240 Å². The summed E-state index contributed by atoms with van der Waals surface area (Å²) in [6.45, 7) is 6.27. The second-order valence-electron chi connectivity index (χ2n) is 10.3. The van der Waals surface area contributed by atoms with Gasteiger partial charge in [-0.3, -0.25) is 0 Å². The van der Waals surface area contributed by atoms with Crippen LogP contribution in [0.4, 0.5) is 0 Å². The number of pyridine rings is 1. The quantitative estimate of drug-likeness (QED) is 0.329. The first-order valence-electron chi connectivity index (χ1n) is 13.8. The molecule has 1 atom stereocenters. The van der Waals surface area contributed by atoms with Gasteiger partial charge in [0.25, 0.3) is 0 Å². The van der Waals surface area contributed by atoms with Crippen LogP contribution in [0.1, 0.15) is 49.8 Å². The van der Waals surface area contributed by atoms with Crippen LogP contribution < -0.4 is 9.47 Å². The number of allylic oxidation sites excluding steroid dienone is 1. The summed E-state index contributed by atoms with van der Waals surface area (Å²) in [6, 6.07) is 17.1. The standard InChI is InChI=1S/C32H35ClN2O5/c1-3-38-31(36)22(2)39-28-9-4-10-29-27(28)21-23(26-8-5-17-34-30(26)40-29)7-6-18-35-19-15-32(37,16-20-35)24-11-13-25(33)14-12-24/h4-5,7-14,17,22,37H,3,6,15-16,18-21H2,1-2H3. The van der Waals surface area contributed by atoms with Gasteiger partial charge in [0, 0.05) is 48.4 Å². The van der Waals surface area contributed by atoms with Gasteiger partial charge in [-0.15, -0.1) is 0 Å². The maximum atomic E-state index is 12.2. The van der Waals surface area contributed by atoms with Crippen LogP contribution in [0.3, 0.4) is 0 Å². The van der Waals surface area contributed by atoms with Crippen molar-refractivity contribution in [1.82, 2.24) is 9.88 Å². The van der Waals surface area contributed by atoms with Crippen molar-refractivity contribution in [2.45, 2.75) is 51.2 Å². The molecule has 2 aromatic carbocycles. The van der Waals surface area contributed by atoms with Crippen molar-refractivity contribution < 1.29 is 24.1 Å². The molecule has 0 radical (unpaired) electrons. The third-order valence-corrected chi connectivity index (χ3v) is 7.86. The number of benzene rings is 2. The number of ether oxygens (including phenoxy) is 3. The van der Waals surface area contributed by atoms with Crippen molar-refractivity contribution in [1.29, 1.82) is 0 Å². The highest BCUT2D eigenvalue weighted by molar-refractivity contribution is 6.30. The molecule has 8 heteroatoms. The predicted octanol–water partition coefficient (Wildman–Crippen LogP) is 6.17. The fourth-order valence-corrected chi connectivity index (χ4v) is 5.46. The first-order chi connectivity index (χ1) is 19.4. The monoisotopic (exact) mass is 562 g/mol. The molecule has 0 amide bonds. The smallest absolute Gasteiger partial charge is 0.347 e. The minimum atomic E-state index is -0.816. The van der Waals surface area contributed by atoms with E-state index in [2.05, 4.69) is 16.0 Å². The Bertz CT molecular complexity index is 1370. The zero-order valence-corrected chi connectivity index (χ0v) is 23.7. The lowest BCUT2D eigenvalue weighted by Gasteiger charge is -2.38. The molecular formula is C32H35ClN2O5. The average Bonchev–Trinajstić information content (AvgIpc) is 3.12. The largest absolute Gasteiger partial charge is 0.479 e. The Morgan fingerprint density at radius 1 is 1.18 bits per heavy atom. The van der Waals surface area contributed by atoms with Gasteiger partial charge in [-0.2, -0.15) is 0 Å². The maximum absolute atomic E-state index is 12.2. The Hall–Kier alpha value is -3.39. The molecule has 1 aromatic heterocycles. The van der Waals surface area contributed by atoms with Crippen LogP contribution in [-0.4, -0.2) is 53.3 Å². The molecule has 2 aliphatic rings. The molecule has 2 aliphatic heterocycles. The topological polar surface area (TPSA) is 81.1 Å². The number of piperidine rings is 1. The van der Waals surface area contributed by atoms with E-state index in [4.69, 9.17) is 25.8 Å². The van der Waals surface area contributed by atoms with E-state index < -0.39 is 17.7 Å². The molecule has 40 heavy (non-hydrogen) atoms. The Balaban J connectivity index is 1.30. The number of carbonyl (C=O) groups excluding carboxylic acids is 1. The number of esters is 1. The molecule has 0 aliphatic carbocycles. The summed E-state index contributed by atoms with van der Waals surface area (Å²) in [5.74, 6) is 1.40. The van der Waals surface area contributed by atoms with Crippen molar-refractivity contribution in [3.63, 3.8) is 0 Å². The number of likely N-dealkylation sites (tertiary alicyclic amines) is 1. The van der Waals surface area contributed by atoms with E-state index in [1.807, 2.05) is 54.6 Å². The Morgan fingerprint density at radius 2 is 1.95 bits per heavy atom. The first kappa shape index (κ1) is 28.1. The number of hydrogen-bond donors (Lipinski definition) is 1. The highest BCUT2D eigenvalue weighted by atomic mass is 35.5. The zero-order valence-electron chi connectivity index (χ0n) is 22.9. The van der Waals surface area contributed by atoms with Crippen LogP contribution in [0.15, 0.2) is 66.9 Å². The van der Waals surface area contributed by atoms with E-state index in [0.717, 1.165) is 48.3 Å². The number of rotatable bonds is 8. The third-order valence-electron chi connectivity index (χ3n) is 7.60. The minimum Gasteiger partial charge on any atom is -0.479 e. The van der Waals surface area contributed by atoms with Gasteiger partial charge in [-0.25, -0.2) is 9.78 Å². The van der Waals surface area contributed by atoms with Crippen LogP contribution in [-0.2, 0) is 21.6 Å². The summed E-state index contributed by atoms with van der Waals surface area (Å²) in [6.07, 6.45) is 5.99. The van der Waals surface area contributed by atoms with Gasteiger partial charge in [0.05, 0.1) is 12.2 Å². The molecule has 0 spiro atoms. The van der Waals surface area contributed by atoms with E-state index in [1.54, 1.807) is 20.0 Å². The molecule has 1 fully saturated rings. The Kier molecular flexibility index (Phi) is 8.74. The van der Waals surface area contributed by atoms with E-state index in [9.17, 15) is 9.90 Å². The summed E-state index contributed by atoms with van der Waals surface area (Å²) in [5, 5.41) is 11.9. The summed E-state index contributed by atoms with van der Waals surface area (Å²) in [7, 11) is 0. The number of fused-ring (bicyclic) bond motifs is 2. The normalized spacial score (nSPS) is 18.1. The van der Waals surface area contributed by atoms with Crippen molar-refractivity contribution in [3.05, 3.63) is 88.6 Å². The van der Waals surface area contributed by atoms with Gasteiger partial charge in [0.15, 0.2) is 6.10 Å². The molecule has 3 heterocycles. The van der Waals surface area contributed by atoms with Gasteiger partial charge in [0.2, 0.25) is 5.88 Å². The third kappa shape index (κ3) is 6.33. The molecule has 5 rings (SSSR count). The summed E-state index contributed by atoms with van der Waals surface area (Å²) in [4.78, 5) is 19.1. The highest BCUT2D eigenvalue weighted by Crippen LogP contribution is 2.42.